The number of benzene rings is 2. The second-order valence-corrected chi connectivity index (χ2v) is 6.27. The number of aromatic nitrogens is 3. The summed E-state index contributed by atoms with van der Waals surface area (Å²) in [4.78, 5) is 14.5. The van der Waals surface area contributed by atoms with Gasteiger partial charge in [-0.1, -0.05) is 29.8 Å². The first-order valence-corrected chi connectivity index (χ1v) is 8.32. The zero-order valence-electron chi connectivity index (χ0n) is 14.2. The van der Waals surface area contributed by atoms with Gasteiger partial charge in [0.1, 0.15) is 11.6 Å². The molecule has 0 fully saturated rings. The van der Waals surface area contributed by atoms with Gasteiger partial charge in [-0.15, -0.1) is 0 Å². The minimum atomic E-state index is -0.236. The molecule has 0 saturated carbocycles. The normalized spacial score (nSPS) is 10.9. The largest absolute Gasteiger partial charge is 0.368 e. The number of hydrogen-bond acceptors (Lipinski definition) is 6. The molecule has 0 aliphatic heterocycles. The van der Waals surface area contributed by atoms with Crippen LogP contribution < -0.4 is 11.1 Å². The van der Waals surface area contributed by atoms with Crippen molar-refractivity contribution in [3.8, 4) is 0 Å². The van der Waals surface area contributed by atoms with E-state index in [9.17, 15) is 4.39 Å². The molecule has 134 valence electrons. The maximum absolute atomic E-state index is 13.8. The number of nitrogens with two attached hydrogens (primary N) is 1. The minimum Gasteiger partial charge on any atom is -0.368 e. The van der Waals surface area contributed by atoms with Crippen molar-refractivity contribution in [2.45, 2.75) is 13.1 Å². The zero-order valence-corrected chi connectivity index (χ0v) is 14.9. The third kappa shape index (κ3) is 4.87. The number of anilines is 3. The maximum atomic E-state index is 13.8. The molecule has 1 heterocycles. The van der Waals surface area contributed by atoms with Crippen LogP contribution in [0.1, 0.15) is 11.4 Å². The molecule has 0 radical (unpaired) electrons. The Morgan fingerprint density at radius 2 is 1.77 bits per heavy atom. The molecule has 6 nitrogen and oxygen atoms in total. The highest BCUT2D eigenvalue weighted by Gasteiger charge is 2.10. The van der Waals surface area contributed by atoms with Crippen molar-refractivity contribution < 1.29 is 4.39 Å². The van der Waals surface area contributed by atoms with Crippen molar-refractivity contribution in [1.82, 2.24) is 19.9 Å². The lowest BCUT2D eigenvalue weighted by Crippen LogP contribution is -2.20. The molecule has 0 unspecified atom stereocenters. The lowest BCUT2D eigenvalue weighted by molar-refractivity contribution is 0.305. The van der Waals surface area contributed by atoms with E-state index in [1.807, 2.05) is 24.1 Å². The zero-order chi connectivity index (χ0) is 18.5. The summed E-state index contributed by atoms with van der Waals surface area (Å²) in [6, 6.07) is 13.8. The second-order valence-electron chi connectivity index (χ2n) is 5.83. The topological polar surface area (TPSA) is 80.0 Å². The van der Waals surface area contributed by atoms with Gasteiger partial charge in [-0.25, -0.2) is 4.39 Å². The van der Waals surface area contributed by atoms with Gasteiger partial charge in [-0.2, -0.15) is 15.0 Å². The van der Waals surface area contributed by atoms with Gasteiger partial charge in [-0.3, -0.25) is 4.90 Å². The number of nitrogens with one attached hydrogen (secondary N) is 1. The molecule has 0 saturated heterocycles. The van der Waals surface area contributed by atoms with E-state index in [-0.39, 0.29) is 11.8 Å². The Morgan fingerprint density at radius 1 is 1.04 bits per heavy atom. The summed E-state index contributed by atoms with van der Waals surface area (Å²) in [6.45, 7) is 0.828. The third-order valence-corrected chi connectivity index (χ3v) is 3.86. The average molecular weight is 373 g/mol. The summed E-state index contributed by atoms with van der Waals surface area (Å²) < 4.78 is 13.8. The lowest BCUT2D eigenvalue weighted by atomic mass is 10.2. The quantitative estimate of drug-likeness (QED) is 0.688. The number of halogens is 2. The van der Waals surface area contributed by atoms with Crippen LogP contribution in [0.15, 0.2) is 48.5 Å². The van der Waals surface area contributed by atoms with Crippen molar-refractivity contribution in [1.29, 1.82) is 0 Å². The fourth-order valence-corrected chi connectivity index (χ4v) is 2.57. The molecule has 0 aliphatic rings. The fraction of sp³-hybridized carbons (Fsp3) is 0.167. The van der Waals surface area contributed by atoms with E-state index < -0.39 is 0 Å². The van der Waals surface area contributed by atoms with Crippen LogP contribution in [0.3, 0.4) is 0 Å². The van der Waals surface area contributed by atoms with Crippen molar-refractivity contribution in [2.24, 2.45) is 0 Å². The van der Waals surface area contributed by atoms with Gasteiger partial charge in [0.25, 0.3) is 0 Å². The molecule has 0 atom stereocenters. The standard InChI is InChI=1S/C18H18ClFN6/c1-26(10-12-4-2-3-5-15(12)20)11-16-23-17(21)25-18(24-16)22-14-8-6-13(19)7-9-14/h2-9H,10-11H2,1H3,(H3,21,22,23,24,25). The fourth-order valence-electron chi connectivity index (χ4n) is 2.44. The van der Waals surface area contributed by atoms with Crippen LogP contribution in [0, 0.1) is 5.82 Å². The molecule has 0 amide bonds. The van der Waals surface area contributed by atoms with Crippen LogP contribution in [0.25, 0.3) is 0 Å². The minimum absolute atomic E-state index is 0.116. The lowest BCUT2D eigenvalue weighted by Gasteiger charge is -2.16. The van der Waals surface area contributed by atoms with E-state index in [4.69, 9.17) is 17.3 Å². The Hall–Kier alpha value is -2.77. The molecule has 0 aliphatic carbocycles. The molecule has 3 N–H and O–H groups in total. The number of rotatable bonds is 6. The van der Waals surface area contributed by atoms with Crippen LogP contribution in [-0.4, -0.2) is 26.9 Å². The van der Waals surface area contributed by atoms with E-state index in [0.717, 1.165) is 5.69 Å². The van der Waals surface area contributed by atoms with E-state index in [2.05, 4.69) is 20.3 Å². The smallest absolute Gasteiger partial charge is 0.232 e. The van der Waals surface area contributed by atoms with Crippen LogP contribution in [0.4, 0.5) is 22.0 Å². The van der Waals surface area contributed by atoms with E-state index in [1.165, 1.54) is 6.07 Å². The first kappa shape index (κ1) is 18.0. The summed E-state index contributed by atoms with van der Waals surface area (Å²) in [7, 11) is 1.86. The highest BCUT2D eigenvalue weighted by atomic mass is 35.5. The van der Waals surface area contributed by atoms with E-state index >= 15 is 0 Å². The third-order valence-electron chi connectivity index (χ3n) is 3.61. The van der Waals surface area contributed by atoms with Crippen LogP contribution >= 0.6 is 11.6 Å². The van der Waals surface area contributed by atoms with Crippen LogP contribution in [0.2, 0.25) is 5.02 Å². The highest BCUT2D eigenvalue weighted by molar-refractivity contribution is 6.30. The predicted octanol–water partition coefficient (Wildman–Crippen LogP) is 3.62. The molecule has 0 bridgehead atoms. The molecule has 26 heavy (non-hydrogen) atoms. The molecule has 3 aromatic rings. The molecular formula is C18H18ClFN6. The number of nitrogens with zero attached hydrogens (tertiary/aromatic N) is 4. The molecule has 2 aromatic carbocycles. The van der Waals surface area contributed by atoms with Gasteiger partial charge in [0, 0.05) is 22.8 Å². The Balaban J connectivity index is 1.70. The van der Waals surface area contributed by atoms with E-state index in [1.54, 1.807) is 30.3 Å². The Morgan fingerprint density at radius 3 is 2.50 bits per heavy atom. The van der Waals surface area contributed by atoms with Gasteiger partial charge in [0.2, 0.25) is 11.9 Å². The van der Waals surface area contributed by atoms with E-state index in [0.29, 0.717) is 35.4 Å². The van der Waals surface area contributed by atoms with Crippen molar-refractivity contribution in [3.05, 3.63) is 70.8 Å². The molecule has 8 heteroatoms. The average Bonchev–Trinajstić information content (AvgIpc) is 2.58. The highest BCUT2D eigenvalue weighted by Crippen LogP contribution is 2.17. The Bertz CT molecular complexity index is 887. The van der Waals surface area contributed by atoms with Gasteiger partial charge in [0.05, 0.1) is 6.54 Å². The number of nitrogen functional groups attached to an aromatic ring is 1. The van der Waals surface area contributed by atoms with Crippen molar-refractivity contribution in [3.63, 3.8) is 0 Å². The van der Waals surface area contributed by atoms with Crippen molar-refractivity contribution in [2.75, 3.05) is 18.1 Å². The predicted molar refractivity (Wildman–Crippen MR) is 101 cm³/mol. The molecule has 3 rings (SSSR count). The summed E-state index contributed by atoms with van der Waals surface area (Å²) in [6.07, 6.45) is 0. The van der Waals surface area contributed by atoms with Crippen molar-refractivity contribution >= 4 is 29.2 Å². The molecule has 0 spiro atoms. The van der Waals surface area contributed by atoms with Gasteiger partial charge in [0.15, 0.2) is 0 Å². The Labute approximate surface area is 155 Å². The van der Waals surface area contributed by atoms with Crippen LogP contribution in [-0.2, 0) is 13.1 Å². The first-order chi connectivity index (χ1) is 12.5. The van der Waals surface area contributed by atoms with Gasteiger partial charge < -0.3 is 11.1 Å². The second kappa shape index (κ2) is 8.07. The number of hydrogen-bond donors (Lipinski definition) is 2. The monoisotopic (exact) mass is 372 g/mol. The van der Waals surface area contributed by atoms with Gasteiger partial charge in [-0.05, 0) is 37.4 Å². The summed E-state index contributed by atoms with van der Waals surface area (Å²) in [5, 5.41) is 3.70. The summed E-state index contributed by atoms with van der Waals surface area (Å²) in [5.74, 6) is 0.715. The molecule has 1 aromatic heterocycles. The maximum Gasteiger partial charge on any atom is 0.232 e. The first-order valence-electron chi connectivity index (χ1n) is 7.94. The summed E-state index contributed by atoms with van der Waals surface area (Å²) in [5.41, 5.74) is 7.18. The summed E-state index contributed by atoms with van der Waals surface area (Å²) >= 11 is 5.88. The van der Waals surface area contributed by atoms with Crippen LogP contribution in [0.5, 0.6) is 0 Å². The SMILES string of the molecule is CN(Cc1nc(N)nc(Nc2ccc(Cl)cc2)n1)Cc1ccccc1F. The van der Waals surface area contributed by atoms with Gasteiger partial charge >= 0.3 is 0 Å². The molecular weight excluding hydrogens is 355 g/mol. The Kier molecular flexibility index (Phi) is 5.60.